The summed E-state index contributed by atoms with van der Waals surface area (Å²) < 4.78 is 0. The summed E-state index contributed by atoms with van der Waals surface area (Å²) in [6.45, 7) is 1.54. The third-order valence-electron chi connectivity index (χ3n) is 4.40. The molecule has 2 fully saturated rings. The van der Waals surface area contributed by atoms with Gasteiger partial charge >= 0.3 is 0 Å². The van der Waals surface area contributed by atoms with Gasteiger partial charge in [0.05, 0.1) is 12.6 Å². The Balaban J connectivity index is 2.02. The first kappa shape index (κ1) is 12.8. The lowest BCUT2D eigenvalue weighted by atomic mass is 9.78. The average molecular weight is 240 g/mol. The van der Waals surface area contributed by atoms with Crippen LogP contribution in [0.5, 0.6) is 0 Å². The van der Waals surface area contributed by atoms with Gasteiger partial charge in [0, 0.05) is 12.5 Å². The molecule has 1 aliphatic carbocycles. The number of rotatable bonds is 3. The molecule has 0 spiro atoms. The van der Waals surface area contributed by atoms with Crippen LogP contribution in [0.2, 0.25) is 0 Å². The van der Waals surface area contributed by atoms with Gasteiger partial charge in [0.15, 0.2) is 0 Å². The van der Waals surface area contributed by atoms with Gasteiger partial charge in [0.2, 0.25) is 5.91 Å². The minimum Gasteiger partial charge on any atom is -0.394 e. The average Bonchev–Trinajstić information content (AvgIpc) is 2.86. The molecule has 4 nitrogen and oxygen atoms in total. The summed E-state index contributed by atoms with van der Waals surface area (Å²) in [6, 6.07) is 0.0582. The zero-order valence-corrected chi connectivity index (χ0v) is 10.5. The Kier molecular flexibility index (Phi) is 4.40. The quantitative estimate of drug-likeness (QED) is 0.764. The smallest absolute Gasteiger partial charge is 0.226 e. The molecule has 0 bridgehead atoms. The lowest BCUT2D eigenvalue weighted by Crippen LogP contribution is -2.45. The number of carbonyl (C=O) groups excluding carboxylic acids is 1. The van der Waals surface area contributed by atoms with Crippen molar-refractivity contribution in [2.24, 2.45) is 17.6 Å². The summed E-state index contributed by atoms with van der Waals surface area (Å²) in [5.74, 6) is 0.716. The summed E-state index contributed by atoms with van der Waals surface area (Å²) in [4.78, 5) is 14.4. The van der Waals surface area contributed by atoms with E-state index < -0.39 is 0 Å². The molecule has 4 heteroatoms. The van der Waals surface area contributed by atoms with Crippen LogP contribution in [-0.4, -0.2) is 41.7 Å². The van der Waals surface area contributed by atoms with Crippen molar-refractivity contribution in [2.45, 2.75) is 44.6 Å². The van der Waals surface area contributed by atoms with Crippen LogP contribution in [0.1, 0.15) is 38.5 Å². The summed E-state index contributed by atoms with van der Waals surface area (Å²) in [6.07, 6.45) is 6.39. The van der Waals surface area contributed by atoms with Crippen molar-refractivity contribution < 1.29 is 9.90 Å². The van der Waals surface area contributed by atoms with Gasteiger partial charge in [-0.15, -0.1) is 0 Å². The first-order valence-electron chi connectivity index (χ1n) is 6.89. The molecule has 0 aromatic rings. The molecule has 1 aliphatic heterocycles. The molecule has 3 N–H and O–H groups in total. The Bertz CT molecular complexity index is 270. The molecule has 1 saturated heterocycles. The molecule has 1 amide bonds. The Morgan fingerprint density at radius 2 is 2.00 bits per heavy atom. The Morgan fingerprint density at radius 1 is 1.24 bits per heavy atom. The molecule has 0 aromatic carbocycles. The summed E-state index contributed by atoms with van der Waals surface area (Å²) in [5.41, 5.74) is 5.78. The van der Waals surface area contributed by atoms with Crippen molar-refractivity contribution in [2.75, 3.05) is 19.7 Å². The molecule has 98 valence electrons. The summed E-state index contributed by atoms with van der Waals surface area (Å²) in [5, 5.41) is 9.29. The molecule has 2 rings (SSSR count). The molecule has 2 aliphatic rings. The van der Waals surface area contributed by atoms with E-state index in [2.05, 4.69) is 0 Å². The van der Waals surface area contributed by atoms with Crippen LogP contribution >= 0.6 is 0 Å². The van der Waals surface area contributed by atoms with Crippen molar-refractivity contribution in [3.8, 4) is 0 Å². The second-order valence-corrected chi connectivity index (χ2v) is 5.40. The first-order chi connectivity index (χ1) is 8.27. The summed E-state index contributed by atoms with van der Waals surface area (Å²) in [7, 11) is 0. The van der Waals surface area contributed by atoms with Crippen molar-refractivity contribution in [3.05, 3.63) is 0 Å². The predicted molar refractivity (Wildman–Crippen MR) is 66.3 cm³/mol. The Labute approximate surface area is 103 Å². The highest BCUT2D eigenvalue weighted by Gasteiger charge is 2.37. The van der Waals surface area contributed by atoms with Gasteiger partial charge in [0.1, 0.15) is 0 Å². The molecular weight excluding hydrogens is 216 g/mol. The zero-order valence-electron chi connectivity index (χ0n) is 10.5. The molecule has 0 aromatic heterocycles. The number of hydrogen-bond donors (Lipinski definition) is 2. The van der Waals surface area contributed by atoms with E-state index in [1.807, 2.05) is 4.90 Å². The highest BCUT2D eigenvalue weighted by Crippen LogP contribution is 2.32. The second kappa shape index (κ2) is 5.83. The maximum absolute atomic E-state index is 12.5. The fourth-order valence-corrected chi connectivity index (χ4v) is 3.34. The van der Waals surface area contributed by atoms with Gasteiger partial charge in [-0.25, -0.2) is 0 Å². The Hall–Kier alpha value is -0.610. The maximum Gasteiger partial charge on any atom is 0.226 e. The number of nitrogens with zero attached hydrogens (tertiary/aromatic N) is 1. The SMILES string of the molecule is NCC1CCCCC1C(=O)N1CCC[C@@H]1CO. The number of hydrogen-bond acceptors (Lipinski definition) is 3. The Morgan fingerprint density at radius 3 is 2.71 bits per heavy atom. The molecule has 17 heavy (non-hydrogen) atoms. The molecular formula is C13H24N2O2. The van der Waals surface area contributed by atoms with Crippen LogP contribution in [-0.2, 0) is 4.79 Å². The van der Waals surface area contributed by atoms with E-state index in [0.29, 0.717) is 12.5 Å². The number of carbonyl (C=O) groups is 1. The lowest BCUT2D eigenvalue weighted by molar-refractivity contribution is -0.140. The minimum absolute atomic E-state index is 0.0582. The summed E-state index contributed by atoms with van der Waals surface area (Å²) >= 11 is 0. The van der Waals surface area contributed by atoms with Crippen molar-refractivity contribution in [3.63, 3.8) is 0 Å². The number of nitrogens with two attached hydrogens (primary N) is 1. The van der Waals surface area contributed by atoms with Gasteiger partial charge in [0.25, 0.3) is 0 Å². The van der Waals surface area contributed by atoms with Gasteiger partial charge in [-0.05, 0) is 38.1 Å². The van der Waals surface area contributed by atoms with Crippen LogP contribution in [0, 0.1) is 11.8 Å². The van der Waals surface area contributed by atoms with Crippen molar-refractivity contribution in [1.82, 2.24) is 4.90 Å². The van der Waals surface area contributed by atoms with Gasteiger partial charge < -0.3 is 15.7 Å². The number of amides is 1. The third-order valence-corrected chi connectivity index (χ3v) is 4.40. The first-order valence-corrected chi connectivity index (χ1v) is 6.89. The van der Waals surface area contributed by atoms with E-state index in [-0.39, 0.29) is 24.5 Å². The van der Waals surface area contributed by atoms with E-state index in [1.165, 1.54) is 6.42 Å². The minimum atomic E-state index is 0.0582. The molecule has 1 saturated carbocycles. The van der Waals surface area contributed by atoms with Crippen molar-refractivity contribution >= 4 is 5.91 Å². The molecule has 1 heterocycles. The highest BCUT2D eigenvalue weighted by molar-refractivity contribution is 5.80. The predicted octanol–water partition coefficient (Wildman–Crippen LogP) is 0.735. The standard InChI is InChI=1S/C13H24N2O2/c14-8-10-4-1-2-6-12(10)13(17)15-7-3-5-11(15)9-16/h10-12,16H,1-9,14H2/t10?,11-,12?/m1/s1. The fourth-order valence-electron chi connectivity index (χ4n) is 3.34. The molecule has 3 atom stereocenters. The van der Waals surface area contributed by atoms with Crippen LogP contribution in [0.3, 0.4) is 0 Å². The monoisotopic (exact) mass is 240 g/mol. The van der Waals surface area contributed by atoms with E-state index >= 15 is 0 Å². The fraction of sp³-hybridized carbons (Fsp3) is 0.923. The lowest BCUT2D eigenvalue weighted by Gasteiger charge is -2.34. The van der Waals surface area contributed by atoms with E-state index in [1.54, 1.807) is 0 Å². The largest absolute Gasteiger partial charge is 0.394 e. The maximum atomic E-state index is 12.5. The van der Waals surface area contributed by atoms with E-state index in [0.717, 1.165) is 38.6 Å². The van der Waals surface area contributed by atoms with Crippen LogP contribution in [0.4, 0.5) is 0 Å². The van der Waals surface area contributed by atoms with Crippen molar-refractivity contribution in [1.29, 1.82) is 0 Å². The van der Waals surface area contributed by atoms with Crippen LogP contribution in [0.15, 0.2) is 0 Å². The number of aliphatic hydroxyl groups excluding tert-OH is 1. The normalized spacial score (nSPS) is 34.0. The van der Waals surface area contributed by atoms with Gasteiger partial charge in [-0.3, -0.25) is 4.79 Å². The van der Waals surface area contributed by atoms with Crippen LogP contribution in [0.25, 0.3) is 0 Å². The molecule has 2 unspecified atom stereocenters. The number of aliphatic hydroxyl groups is 1. The molecule has 0 radical (unpaired) electrons. The third kappa shape index (κ3) is 2.63. The zero-order chi connectivity index (χ0) is 12.3. The van der Waals surface area contributed by atoms with Gasteiger partial charge in [-0.1, -0.05) is 12.8 Å². The highest BCUT2D eigenvalue weighted by atomic mass is 16.3. The van der Waals surface area contributed by atoms with E-state index in [4.69, 9.17) is 5.73 Å². The van der Waals surface area contributed by atoms with Gasteiger partial charge in [-0.2, -0.15) is 0 Å². The van der Waals surface area contributed by atoms with E-state index in [9.17, 15) is 9.90 Å². The van der Waals surface area contributed by atoms with Crippen LogP contribution < -0.4 is 5.73 Å². The topological polar surface area (TPSA) is 66.6 Å². The number of likely N-dealkylation sites (tertiary alicyclic amines) is 1. The second-order valence-electron chi connectivity index (χ2n) is 5.40.